The molecular weight excluding hydrogens is 589 g/mol. The molecule has 0 aliphatic heterocycles. The quantitative estimate of drug-likeness (QED) is 0.134. The molecule has 1 unspecified atom stereocenters. The smallest absolute Gasteiger partial charge is 0.362 e. The highest BCUT2D eigenvalue weighted by atomic mass is 31.2. The Kier molecular flexibility index (Phi) is 11.2. The normalized spacial score (nSPS) is 12.1. The molecule has 0 amide bonds. The van der Waals surface area contributed by atoms with Crippen LogP contribution in [0, 0.1) is 27.2 Å². The summed E-state index contributed by atoms with van der Waals surface area (Å²) in [6, 6.07) is 11.1. The van der Waals surface area contributed by atoms with Crippen molar-refractivity contribution in [1.82, 2.24) is 9.66 Å². The van der Waals surface area contributed by atoms with Gasteiger partial charge in [-0.3, -0.25) is 44.4 Å². The van der Waals surface area contributed by atoms with Crippen molar-refractivity contribution >= 4 is 24.8 Å². The Morgan fingerprint density at radius 2 is 1.44 bits per heavy atom. The van der Waals surface area contributed by atoms with Crippen LogP contribution in [0.3, 0.4) is 0 Å². The van der Waals surface area contributed by atoms with Gasteiger partial charge in [0.25, 0.3) is 16.9 Å². The molecule has 0 aliphatic rings. The molecule has 1 aromatic heterocycles. The number of aromatic nitrogens is 2. The first-order chi connectivity index (χ1) is 20.4. The van der Waals surface area contributed by atoms with Gasteiger partial charge in [0.2, 0.25) is 5.78 Å². The van der Waals surface area contributed by atoms with E-state index < -0.39 is 46.9 Å². The Hall–Kier alpha value is -4.50. The minimum Gasteiger partial charge on any atom is -0.394 e. The van der Waals surface area contributed by atoms with Gasteiger partial charge in [0, 0.05) is 36.0 Å². The van der Waals surface area contributed by atoms with E-state index in [0.717, 1.165) is 22.8 Å². The average Bonchev–Trinajstić information content (AvgIpc) is 2.95. The highest BCUT2D eigenvalue weighted by molar-refractivity contribution is 7.55. The number of aryl methyl sites for hydroxylation is 1. The van der Waals surface area contributed by atoms with Crippen molar-refractivity contribution in [1.29, 1.82) is 0 Å². The number of nitrogens with one attached hydrogen (secondary N) is 1. The van der Waals surface area contributed by atoms with Crippen LogP contribution in [0.25, 0.3) is 0 Å². The van der Waals surface area contributed by atoms with Crippen LogP contribution in [0.2, 0.25) is 0 Å². The highest BCUT2D eigenvalue weighted by Gasteiger charge is 2.44. The molecule has 17 heteroatoms. The zero-order chi connectivity index (χ0) is 31.7. The molecule has 1 heterocycles. The van der Waals surface area contributed by atoms with Crippen LogP contribution in [0.1, 0.15) is 23.6 Å². The zero-order valence-corrected chi connectivity index (χ0v) is 24.2. The number of nitro groups is 2. The largest absolute Gasteiger partial charge is 0.394 e. The van der Waals surface area contributed by atoms with Gasteiger partial charge in [0.15, 0.2) is 5.78 Å². The van der Waals surface area contributed by atoms with Crippen LogP contribution in [0.5, 0.6) is 0 Å². The van der Waals surface area contributed by atoms with Gasteiger partial charge in [-0.15, -0.1) is 0 Å². The predicted molar refractivity (Wildman–Crippen MR) is 154 cm³/mol. The molecule has 230 valence electrons. The van der Waals surface area contributed by atoms with E-state index in [1.165, 1.54) is 55.5 Å². The number of H-pyrrole nitrogens is 1. The second kappa shape index (κ2) is 14.6. The standard InChI is InChI=1S/C26H30N5O11P/c1-18-17-29(26(35)27-24(18)34)28(13-14-32)25(19(2)33)43(40,41-15-11-20-3-7-22(8-4-20)30(36)37)42-16-12-21-5-9-23(10-6-21)31(38)39/h3-10,17,25,32H,11-16H2,1-2H3,(H,27,34,35). The monoisotopic (exact) mass is 619 g/mol. The molecular formula is C26H30N5O11P. The third-order valence-electron chi connectivity index (χ3n) is 6.27. The first kappa shape index (κ1) is 33.0. The first-order valence-corrected chi connectivity index (χ1v) is 14.5. The molecule has 0 fully saturated rings. The molecule has 0 radical (unpaired) electrons. The van der Waals surface area contributed by atoms with Crippen LogP contribution in [-0.2, 0) is 31.2 Å². The number of nitro benzene ring substituents is 2. The maximum atomic E-state index is 14.4. The number of ketones is 1. The summed E-state index contributed by atoms with van der Waals surface area (Å²) in [5.41, 5.74) is -0.585. The fourth-order valence-electron chi connectivity index (χ4n) is 4.12. The van der Waals surface area contributed by atoms with E-state index >= 15 is 0 Å². The summed E-state index contributed by atoms with van der Waals surface area (Å²) in [5.74, 6) is -2.48. The number of aliphatic hydroxyl groups excluding tert-OH is 1. The van der Waals surface area contributed by atoms with E-state index in [4.69, 9.17) is 9.05 Å². The number of non-ortho nitro benzene ring substituents is 2. The van der Waals surface area contributed by atoms with Gasteiger partial charge < -0.3 is 14.2 Å². The number of carbonyl (C=O) groups excluding carboxylic acids is 1. The molecule has 0 saturated heterocycles. The van der Waals surface area contributed by atoms with Gasteiger partial charge in [-0.05, 0) is 37.8 Å². The molecule has 2 N–H and O–H groups in total. The van der Waals surface area contributed by atoms with Crippen molar-refractivity contribution in [2.24, 2.45) is 0 Å². The van der Waals surface area contributed by atoms with Crippen molar-refractivity contribution in [3.63, 3.8) is 0 Å². The molecule has 0 bridgehead atoms. The molecule has 43 heavy (non-hydrogen) atoms. The van der Waals surface area contributed by atoms with Crippen molar-refractivity contribution in [3.05, 3.63) is 112 Å². The zero-order valence-electron chi connectivity index (χ0n) is 23.3. The highest BCUT2D eigenvalue weighted by Crippen LogP contribution is 2.54. The van der Waals surface area contributed by atoms with Crippen LogP contribution in [-0.4, -0.2) is 62.5 Å². The summed E-state index contributed by atoms with van der Waals surface area (Å²) in [5, 5.41) is 32.7. The van der Waals surface area contributed by atoms with Crippen LogP contribution < -0.4 is 16.3 Å². The summed E-state index contributed by atoms with van der Waals surface area (Å²) in [4.78, 5) is 60.6. The minimum absolute atomic E-state index is 0.0952. The Bertz CT molecular complexity index is 1550. The minimum atomic E-state index is -4.51. The Morgan fingerprint density at radius 1 is 0.977 bits per heavy atom. The maximum absolute atomic E-state index is 14.4. The van der Waals surface area contributed by atoms with Crippen molar-refractivity contribution < 1.29 is 33.4 Å². The molecule has 3 rings (SSSR count). The lowest BCUT2D eigenvalue weighted by Crippen LogP contribution is -2.54. The molecule has 0 aliphatic carbocycles. The lowest BCUT2D eigenvalue weighted by atomic mass is 10.1. The van der Waals surface area contributed by atoms with E-state index in [2.05, 4.69) is 4.98 Å². The molecule has 1 atom stereocenters. The van der Waals surface area contributed by atoms with E-state index in [1.54, 1.807) is 0 Å². The fraction of sp³-hybridized carbons (Fsp3) is 0.346. The lowest BCUT2D eigenvalue weighted by molar-refractivity contribution is -0.385. The molecule has 0 spiro atoms. The van der Waals surface area contributed by atoms with Crippen LogP contribution >= 0.6 is 7.60 Å². The first-order valence-electron chi connectivity index (χ1n) is 12.9. The van der Waals surface area contributed by atoms with Gasteiger partial charge in [-0.25, -0.2) is 9.47 Å². The van der Waals surface area contributed by atoms with Gasteiger partial charge in [0.05, 0.1) is 36.2 Å². The van der Waals surface area contributed by atoms with Crippen molar-refractivity contribution in [2.45, 2.75) is 32.5 Å². The number of benzene rings is 2. The van der Waals surface area contributed by atoms with E-state index in [1.807, 2.05) is 0 Å². The van der Waals surface area contributed by atoms with Crippen LogP contribution in [0.15, 0.2) is 64.3 Å². The third-order valence-corrected chi connectivity index (χ3v) is 8.59. The molecule has 3 aromatic rings. The van der Waals surface area contributed by atoms with Gasteiger partial charge in [-0.1, -0.05) is 24.3 Å². The lowest BCUT2D eigenvalue weighted by Gasteiger charge is -2.36. The Labute approximate surface area is 244 Å². The number of Topliss-reactive ketones (excluding diaryl/α,β-unsaturated/α-hetero) is 1. The number of hydrogen-bond donors (Lipinski definition) is 2. The van der Waals surface area contributed by atoms with Crippen molar-refractivity contribution in [3.8, 4) is 0 Å². The van der Waals surface area contributed by atoms with Gasteiger partial charge in [0.1, 0.15) is 0 Å². The second-order valence-corrected chi connectivity index (χ2v) is 11.4. The van der Waals surface area contributed by atoms with Crippen LogP contribution in [0.4, 0.5) is 11.4 Å². The number of nitrogens with zero attached hydrogens (tertiary/aromatic N) is 4. The summed E-state index contributed by atoms with van der Waals surface area (Å²) in [7, 11) is -4.51. The number of carbonyl (C=O) groups is 1. The SMILES string of the molecule is CC(=O)C(N(CCO)n1cc(C)c(=O)[nH]c1=O)P(=O)(OCCc1ccc([N+](=O)[O-])cc1)OCCc1ccc([N+](=O)[O-])cc1. The summed E-state index contributed by atoms with van der Waals surface area (Å²) in [6.45, 7) is 1.03. The number of aromatic amines is 1. The number of hydrogen-bond acceptors (Lipinski definition) is 12. The van der Waals surface area contributed by atoms with E-state index in [-0.39, 0.29) is 49.5 Å². The Balaban J connectivity index is 1.94. The van der Waals surface area contributed by atoms with E-state index in [9.17, 15) is 44.3 Å². The van der Waals surface area contributed by atoms with Crippen molar-refractivity contribution in [2.75, 3.05) is 31.4 Å². The topological polar surface area (TPSA) is 217 Å². The maximum Gasteiger partial charge on any atom is 0.362 e. The molecule has 2 aromatic carbocycles. The summed E-state index contributed by atoms with van der Waals surface area (Å²) < 4.78 is 26.8. The number of rotatable bonds is 16. The predicted octanol–water partition coefficient (Wildman–Crippen LogP) is 2.22. The third kappa shape index (κ3) is 8.51. The number of aliphatic hydroxyl groups is 1. The second-order valence-electron chi connectivity index (χ2n) is 9.34. The molecule has 16 nitrogen and oxygen atoms in total. The average molecular weight is 620 g/mol. The fourth-order valence-corrected chi connectivity index (χ4v) is 6.17. The van der Waals surface area contributed by atoms with Gasteiger partial charge >= 0.3 is 13.3 Å². The van der Waals surface area contributed by atoms with Gasteiger partial charge in [-0.2, -0.15) is 0 Å². The Morgan fingerprint density at radius 3 is 1.84 bits per heavy atom. The van der Waals surface area contributed by atoms with E-state index in [0.29, 0.717) is 11.1 Å². The summed E-state index contributed by atoms with van der Waals surface area (Å²) in [6.07, 6.45) is 1.37. The molecule has 0 saturated carbocycles. The summed E-state index contributed by atoms with van der Waals surface area (Å²) >= 11 is 0.